The first kappa shape index (κ1) is 14.3. The first-order chi connectivity index (χ1) is 12.1. The van der Waals surface area contributed by atoms with Crippen LogP contribution in [-0.4, -0.2) is 18.5 Å². The second-order valence-corrected chi connectivity index (χ2v) is 6.41. The molecule has 0 saturated carbocycles. The van der Waals surface area contributed by atoms with E-state index in [9.17, 15) is 9.59 Å². The maximum atomic E-state index is 12.5. The van der Waals surface area contributed by atoms with Crippen molar-refractivity contribution in [1.29, 1.82) is 0 Å². The Kier molecular flexibility index (Phi) is 2.83. The highest BCUT2D eigenvalue weighted by Crippen LogP contribution is 2.43. The van der Waals surface area contributed by atoms with E-state index in [-0.39, 0.29) is 18.5 Å². The molecule has 3 heterocycles. The monoisotopic (exact) mass is 334 g/mol. The number of hydrogen-bond acceptors (Lipinski definition) is 5. The molecule has 0 spiro atoms. The summed E-state index contributed by atoms with van der Waals surface area (Å²) >= 11 is 0. The van der Waals surface area contributed by atoms with E-state index >= 15 is 0 Å². The molecule has 1 atom stereocenters. The van der Waals surface area contributed by atoms with Crippen molar-refractivity contribution in [2.75, 3.05) is 6.61 Å². The summed E-state index contributed by atoms with van der Waals surface area (Å²) in [5.41, 5.74) is 6.70. The van der Waals surface area contributed by atoms with Gasteiger partial charge >= 0.3 is 11.9 Å². The molecule has 3 aliphatic rings. The molecule has 0 N–H and O–H groups in total. The number of allylic oxidation sites excluding steroid dienone is 1. The molecule has 1 aliphatic carbocycles. The van der Waals surface area contributed by atoms with Crippen molar-refractivity contribution in [3.8, 4) is 0 Å². The van der Waals surface area contributed by atoms with Crippen LogP contribution in [0.2, 0.25) is 0 Å². The summed E-state index contributed by atoms with van der Waals surface area (Å²) in [6.45, 7) is 2.24. The van der Waals surface area contributed by atoms with Crippen molar-refractivity contribution in [2.45, 2.75) is 19.4 Å². The van der Waals surface area contributed by atoms with E-state index in [0.29, 0.717) is 17.6 Å². The Morgan fingerprint density at radius 2 is 2.04 bits per heavy atom. The van der Waals surface area contributed by atoms with Crippen molar-refractivity contribution >= 4 is 17.5 Å². The second kappa shape index (κ2) is 4.96. The van der Waals surface area contributed by atoms with Crippen LogP contribution < -0.4 is 0 Å². The molecule has 0 fully saturated rings. The molecule has 124 valence electrons. The zero-order valence-corrected chi connectivity index (χ0v) is 13.5. The topological polar surface area (TPSA) is 65.7 Å². The van der Waals surface area contributed by atoms with Gasteiger partial charge in [0.2, 0.25) is 0 Å². The molecule has 0 saturated heterocycles. The summed E-state index contributed by atoms with van der Waals surface area (Å²) in [5, 5.41) is 0. The zero-order valence-electron chi connectivity index (χ0n) is 13.5. The number of hydrogen-bond donors (Lipinski definition) is 0. The summed E-state index contributed by atoms with van der Waals surface area (Å²) in [4.78, 5) is 24.4. The molecule has 1 aromatic heterocycles. The van der Waals surface area contributed by atoms with Gasteiger partial charge in [0.1, 0.15) is 6.61 Å². The first-order valence-corrected chi connectivity index (χ1v) is 8.12. The predicted molar refractivity (Wildman–Crippen MR) is 87.9 cm³/mol. The van der Waals surface area contributed by atoms with E-state index in [1.165, 1.54) is 0 Å². The van der Waals surface area contributed by atoms with Crippen LogP contribution in [0.5, 0.6) is 0 Å². The smallest absolute Gasteiger partial charge is 0.339 e. The number of benzene rings is 1. The molecular weight excluding hydrogens is 320 g/mol. The van der Waals surface area contributed by atoms with Crippen LogP contribution >= 0.6 is 0 Å². The fourth-order valence-electron chi connectivity index (χ4n) is 3.91. The van der Waals surface area contributed by atoms with Crippen molar-refractivity contribution < 1.29 is 23.5 Å². The van der Waals surface area contributed by atoms with Crippen LogP contribution in [0.1, 0.15) is 44.3 Å². The SMILES string of the molecule is Cc1c2c(cc3c1[C@H](c1ccoc1)OC3=O)C1=C(C=CC2)C(=O)OC1. The van der Waals surface area contributed by atoms with Gasteiger partial charge in [-0.2, -0.15) is 0 Å². The van der Waals surface area contributed by atoms with E-state index in [1.54, 1.807) is 12.5 Å². The highest BCUT2D eigenvalue weighted by molar-refractivity contribution is 6.06. The normalized spacial score (nSPS) is 20.8. The maximum absolute atomic E-state index is 12.5. The van der Waals surface area contributed by atoms with Crippen molar-refractivity contribution in [3.05, 3.63) is 75.8 Å². The second-order valence-electron chi connectivity index (χ2n) is 6.41. The van der Waals surface area contributed by atoms with Crippen molar-refractivity contribution in [3.63, 3.8) is 0 Å². The average molecular weight is 334 g/mol. The number of esters is 2. The molecule has 25 heavy (non-hydrogen) atoms. The Morgan fingerprint density at radius 1 is 1.16 bits per heavy atom. The summed E-state index contributed by atoms with van der Waals surface area (Å²) in [7, 11) is 0. The Bertz CT molecular complexity index is 992. The molecule has 0 bridgehead atoms. The van der Waals surface area contributed by atoms with Crippen molar-refractivity contribution in [1.82, 2.24) is 0 Å². The van der Waals surface area contributed by atoms with Gasteiger partial charge in [-0.15, -0.1) is 0 Å². The minimum Gasteiger partial charge on any atom is -0.472 e. The van der Waals surface area contributed by atoms with Crippen LogP contribution in [0.3, 0.4) is 0 Å². The minimum atomic E-state index is -0.450. The molecule has 2 aromatic rings. The summed E-state index contributed by atoms with van der Waals surface area (Å²) < 4.78 is 15.9. The third-order valence-corrected chi connectivity index (χ3v) is 5.14. The molecule has 1 aromatic carbocycles. The Morgan fingerprint density at radius 3 is 2.84 bits per heavy atom. The highest BCUT2D eigenvalue weighted by Gasteiger charge is 2.38. The fourth-order valence-corrected chi connectivity index (χ4v) is 3.91. The van der Waals surface area contributed by atoms with E-state index < -0.39 is 6.10 Å². The molecule has 0 unspecified atom stereocenters. The Balaban J connectivity index is 1.76. The molecule has 5 nitrogen and oxygen atoms in total. The van der Waals surface area contributed by atoms with Gasteiger partial charge in [0.15, 0.2) is 6.10 Å². The lowest BCUT2D eigenvalue weighted by molar-refractivity contribution is -0.135. The molecular formula is C20H14O5. The number of carbonyl (C=O) groups is 2. The van der Waals surface area contributed by atoms with Crippen molar-refractivity contribution in [2.24, 2.45) is 0 Å². The number of rotatable bonds is 1. The van der Waals surface area contributed by atoms with Gasteiger partial charge in [-0.05, 0) is 42.2 Å². The first-order valence-electron chi connectivity index (χ1n) is 8.12. The third-order valence-electron chi connectivity index (χ3n) is 5.14. The lowest BCUT2D eigenvalue weighted by Gasteiger charge is -2.17. The summed E-state index contributed by atoms with van der Waals surface area (Å²) in [6.07, 6.45) is 7.21. The van der Waals surface area contributed by atoms with Gasteiger partial charge in [-0.25, -0.2) is 9.59 Å². The van der Waals surface area contributed by atoms with Crippen LogP contribution in [0, 0.1) is 6.92 Å². The van der Waals surface area contributed by atoms with E-state index in [2.05, 4.69) is 0 Å². The van der Waals surface area contributed by atoms with E-state index in [0.717, 1.165) is 33.4 Å². The fraction of sp³-hybridized carbons (Fsp3) is 0.200. The number of ether oxygens (including phenoxy) is 2. The van der Waals surface area contributed by atoms with E-state index in [1.807, 2.05) is 31.2 Å². The lowest BCUT2D eigenvalue weighted by Crippen LogP contribution is -2.05. The Hall–Kier alpha value is -3.08. The highest BCUT2D eigenvalue weighted by atomic mass is 16.6. The largest absolute Gasteiger partial charge is 0.472 e. The van der Waals surface area contributed by atoms with Crippen LogP contribution in [0.15, 0.2) is 46.8 Å². The van der Waals surface area contributed by atoms with Crippen LogP contribution in [0.25, 0.3) is 5.57 Å². The van der Waals surface area contributed by atoms with Gasteiger partial charge < -0.3 is 13.9 Å². The summed E-state index contributed by atoms with van der Waals surface area (Å²) in [5.74, 6) is -0.659. The number of furan rings is 1. The van der Waals surface area contributed by atoms with Crippen LogP contribution in [-0.2, 0) is 20.7 Å². The quantitative estimate of drug-likeness (QED) is 0.749. The molecule has 0 radical (unpaired) electrons. The predicted octanol–water partition coefficient (Wildman–Crippen LogP) is 3.27. The van der Waals surface area contributed by atoms with Crippen LogP contribution in [0.4, 0.5) is 0 Å². The van der Waals surface area contributed by atoms with Gasteiger partial charge in [0.05, 0.1) is 23.7 Å². The van der Waals surface area contributed by atoms with Gasteiger partial charge in [0.25, 0.3) is 0 Å². The molecule has 5 rings (SSSR count). The minimum absolute atomic E-state index is 0.240. The lowest BCUT2D eigenvalue weighted by atomic mass is 9.86. The molecule has 5 heteroatoms. The third kappa shape index (κ3) is 1.89. The van der Waals surface area contributed by atoms with E-state index in [4.69, 9.17) is 13.9 Å². The molecule has 2 aliphatic heterocycles. The number of cyclic esters (lactones) is 2. The maximum Gasteiger partial charge on any atom is 0.339 e. The molecule has 0 amide bonds. The number of carbonyl (C=O) groups excluding carboxylic acids is 2. The Labute approximate surface area is 143 Å². The number of fused-ring (bicyclic) bond motifs is 3. The van der Waals surface area contributed by atoms with Gasteiger partial charge in [-0.3, -0.25) is 0 Å². The zero-order chi connectivity index (χ0) is 17.1. The van der Waals surface area contributed by atoms with Gasteiger partial charge in [0, 0.05) is 16.7 Å². The van der Waals surface area contributed by atoms with Gasteiger partial charge in [-0.1, -0.05) is 12.2 Å². The summed E-state index contributed by atoms with van der Waals surface area (Å²) in [6, 6.07) is 3.66. The standard InChI is InChI=1S/C20H14O5/c1-10-12-3-2-4-13-16(9-24-19(13)21)14(12)7-15-17(10)18(25-20(15)22)11-5-6-23-8-11/h2,4-8,18H,3,9H2,1H3/t18-/m0/s1. The average Bonchev–Trinajstić information content (AvgIpc) is 3.28.